The monoisotopic (exact) mass is 428 g/mol. The summed E-state index contributed by atoms with van der Waals surface area (Å²) in [5.74, 6) is 0.865. The van der Waals surface area contributed by atoms with Gasteiger partial charge in [0.2, 0.25) is 0 Å². The average Bonchev–Trinajstić information content (AvgIpc) is 3.27. The molecule has 1 atom stereocenters. The Balaban J connectivity index is 0.00000441. The topological polar surface area (TPSA) is 58.1 Å². The highest BCUT2D eigenvalue weighted by atomic mass is 127. The van der Waals surface area contributed by atoms with E-state index < -0.39 is 0 Å². The maximum atomic E-state index is 5.18. The van der Waals surface area contributed by atoms with Crippen molar-refractivity contribution >= 4 is 29.9 Å². The highest BCUT2D eigenvalue weighted by Gasteiger charge is 2.28. The summed E-state index contributed by atoms with van der Waals surface area (Å²) in [5.41, 5.74) is 0. The number of nitrogens with one attached hydrogen (secondary N) is 2. The molecule has 0 aromatic heterocycles. The highest BCUT2D eigenvalue weighted by molar-refractivity contribution is 14.0. The SMILES string of the molecule is CCNC(=NCCN(CCOC)C1CC1)NC(C)COC.I. The van der Waals surface area contributed by atoms with E-state index in [1.54, 1.807) is 14.2 Å². The number of methoxy groups -OCH3 is 2. The normalized spacial score (nSPS) is 16.3. The Hall–Kier alpha value is -0.120. The fraction of sp³-hybridized carbons (Fsp3) is 0.933. The number of aliphatic imine (C=N–C) groups is 1. The lowest BCUT2D eigenvalue weighted by atomic mass is 10.4. The Morgan fingerprint density at radius 1 is 1.27 bits per heavy atom. The van der Waals surface area contributed by atoms with Gasteiger partial charge in [-0.1, -0.05) is 0 Å². The molecule has 1 unspecified atom stereocenters. The predicted molar refractivity (Wildman–Crippen MR) is 102 cm³/mol. The van der Waals surface area contributed by atoms with Crippen molar-refractivity contribution < 1.29 is 9.47 Å². The van der Waals surface area contributed by atoms with Gasteiger partial charge < -0.3 is 20.1 Å². The van der Waals surface area contributed by atoms with Crippen LogP contribution >= 0.6 is 24.0 Å². The lowest BCUT2D eigenvalue weighted by molar-refractivity contribution is 0.145. The second kappa shape index (κ2) is 13.3. The second-order valence-electron chi connectivity index (χ2n) is 5.52. The molecule has 0 amide bonds. The first-order chi connectivity index (χ1) is 10.2. The van der Waals surface area contributed by atoms with Crippen LogP contribution in [-0.4, -0.2) is 76.6 Å². The van der Waals surface area contributed by atoms with Gasteiger partial charge in [0.25, 0.3) is 0 Å². The maximum absolute atomic E-state index is 5.18. The van der Waals surface area contributed by atoms with Crippen molar-refractivity contribution in [2.24, 2.45) is 4.99 Å². The molecule has 22 heavy (non-hydrogen) atoms. The van der Waals surface area contributed by atoms with Crippen LogP contribution in [0.3, 0.4) is 0 Å². The Morgan fingerprint density at radius 2 is 2.00 bits per heavy atom. The third kappa shape index (κ3) is 9.81. The minimum Gasteiger partial charge on any atom is -0.383 e. The summed E-state index contributed by atoms with van der Waals surface area (Å²) in [4.78, 5) is 7.13. The molecule has 7 heteroatoms. The molecule has 0 aromatic rings. The smallest absolute Gasteiger partial charge is 0.191 e. The Labute approximate surface area is 152 Å². The van der Waals surface area contributed by atoms with Gasteiger partial charge in [-0.15, -0.1) is 24.0 Å². The summed E-state index contributed by atoms with van der Waals surface area (Å²) in [5, 5.41) is 6.63. The first-order valence-electron chi connectivity index (χ1n) is 7.98. The molecule has 1 rings (SSSR count). The molecule has 132 valence electrons. The van der Waals surface area contributed by atoms with Crippen molar-refractivity contribution in [1.29, 1.82) is 0 Å². The molecule has 0 radical (unpaired) electrons. The Morgan fingerprint density at radius 3 is 2.55 bits per heavy atom. The zero-order chi connectivity index (χ0) is 15.5. The maximum Gasteiger partial charge on any atom is 0.191 e. The molecule has 0 aromatic carbocycles. The number of guanidine groups is 1. The van der Waals surface area contributed by atoms with E-state index in [4.69, 9.17) is 9.47 Å². The lowest BCUT2D eigenvalue weighted by Gasteiger charge is -2.21. The zero-order valence-electron chi connectivity index (χ0n) is 14.4. The summed E-state index contributed by atoms with van der Waals surface area (Å²) in [6.07, 6.45) is 2.63. The molecular formula is C15H33IN4O2. The van der Waals surface area contributed by atoms with Crippen LogP contribution in [0.25, 0.3) is 0 Å². The summed E-state index contributed by atoms with van der Waals surface area (Å²) in [7, 11) is 3.47. The van der Waals surface area contributed by atoms with Gasteiger partial charge in [-0.3, -0.25) is 9.89 Å². The van der Waals surface area contributed by atoms with Gasteiger partial charge in [-0.05, 0) is 26.7 Å². The number of rotatable bonds is 11. The van der Waals surface area contributed by atoms with Gasteiger partial charge in [0.05, 0.1) is 19.8 Å². The van der Waals surface area contributed by atoms with E-state index in [1.165, 1.54) is 12.8 Å². The zero-order valence-corrected chi connectivity index (χ0v) is 16.8. The van der Waals surface area contributed by atoms with E-state index >= 15 is 0 Å². The summed E-state index contributed by atoms with van der Waals surface area (Å²) in [6.45, 7) is 9.29. The van der Waals surface area contributed by atoms with Gasteiger partial charge in [-0.2, -0.15) is 0 Å². The van der Waals surface area contributed by atoms with Crippen molar-refractivity contribution in [3.05, 3.63) is 0 Å². The van der Waals surface area contributed by atoms with Crippen LogP contribution in [0.5, 0.6) is 0 Å². The lowest BCUT2D eigenvalue weighted by Crippen LogP contribution is -2.44. The molecule has 6 nitrogen and oxygen atoms in total. The fourth-order valence-electron chi connectivity index (χ4n) is 2.26. The van der Waals surface area contributed by atoms with Crippen molar-refractivity contribution in [2.75, 3.05) is 53.6 Å². The van der Waals surface area contributed by atoms with Crippen LogP contribution in [0.4, 0.5) is 0 Å². The van der Waals surface area contributed by atoms with Gasteiger partial charge in [0, 0.05) is 45.9 Å². The molecule has 0 saturated heterocycles. The van der Waals surface area contributed by atoms with Crippen LogP contribution in [0.1, 0.15) is 26.7 Å². The number of nitrogens with zero attached hydrogens (tertiary/aromatic N) is 2. The summed E-state index contributed by atoms with van der Waals surface area (Å²) >= 11 is 0. The van der Waals surface area contributed by atoms with Gasteiger partial charge in [0.1, 0.15) is 0 Å². The molecule has 1 fully saturated rings. The molecule has 0 aliphatic heterocycles. The molecule has 0 spiro atoms. The molecule has 1 aliphatic rings. The average molecular weight is 428 g/mol. The molecule has 0 bridgehead atoms. The molecule has 0 heterocycles. The number of hydrogen-bond donors (Lipinski definition) is 2. The Kier molecular flexibility index (Phi) is 13.3. The van der Waals surface area contributed by atoms with Gasteiger partial charge in [-0.25, -0.2) is 0 Å². The Bertz CT molecular complexity index is 301. The molecular weight excluding hydrogens is 395 g/mol. The first kappa shape index (κ1) is 21.9. The third-order valence-electron chi connectivity index (χ3n) is 3.45. The first-order valence-corrected chi connectivity index (χ1v) is 7.98. The largest absolute Gasteiger partial charge is 0.383 e. The minimum absolute atomic E-state index is 0. The van der Waals surface area contributed by atoms with Crippen LogP contribution < -0.4 is 10.6 Å². The number of ether oxygens (including phenoxy) is 2. The number of hydrogen-bond acceptors (Lipinski definition) is 4. The van der Waals surface area contributed by atoms with E-state index in [2.05, 4.69) is 34.4 Å². The predicted octanol–water partition coefficient (Wildman–Crippen LogP) is 1.31. The van der Waals surface area contributed by atoms with E-state index in [9.17, 15) is 0 Å². The number of halogens is 1. The van der Waals surface area contributed by atoms with Crippen LogP contribution in [0, 0.1) is 0 Å². The molecule has 1 aliphatic carbocycles. The summed E-state index contributed by atoms with van der Waals surface area (Å²) < 4.78 is 10.3. The fourth-order valence-corrected chi connectivity index (χ4v) is 2.26. The van der Waals surface area contributed by atoms with Gasteiger partial charge >= 0.3 is 0 Å². The third-order valence-corrected chi connectivity index (χ3v) is 3.45. The van der Waals surface area contributed by atoms with Crippen molar-refractivity contribution in [3.8, 4) is 0 Å². The van der Waals surface area contributed by atoms with Crippen LogP contribution in [0.2, 0.25) is 0 Å². The van der Waals surface area contributed by atoms with E-state index in [0.717, 1.165) is 44.8 Å². The quantitative estimate of drug-likeness (QED) is 0.295. The van der Waals surface area contributed by atoms with E-state index in [-0.39, 0.29) is 30.0 Å². The van der Waals surface area contributed by atoms with E-state index in [1.807, 2.05) is 0 Å². The van der Waals surface area contributed by atoms with Crippen LogP contribution in [0.15, 0.2) is 4.99 Å². The van der Waals surface area contributed by atoms with Crippen molar-refractivity contribution in [3.63, 3.8) is 0 Å². The van der Waals surface area contributed by atoms with Gasteiger partial charge in [0.15, 0.2) is 5.96 Å². The minimum atomic E-state index is 0. The standard InChI is InChI=1S/C15H32N4O2.HI/c1-5-16-15(18-13(2)12-21-4)17-8-9-19(10-11-20-3)14-6-7-14;/h13-14H,5-12H2,1-4H3,(H2,16,17,18);1H. The molecule has 1 saturated carbocycles. The highest BCUT2D eigenvalue weighted by Crippen LogP contribution is 2.26. The van der Waals surface area contributed by atoms with Crippen molar-refractivity contribution in [1.82, 2.24) is 15.5 Å². The van der Waals surface area contributed by atoms with E-state index in [0.29, 0.717) is 6.61 Å². The molecule has 2 N–H and O–H groups in total. The van der Waals surface area contributed by atoms with Crippen molar-refractivity contribution in [2.45, 2.75) is 38.8 Å². The summed E-state index contributed by atoms with van der Waals surface area (Å²) in [6, 6.07) is 0.999. The van der Waals surface area contributed by atoms with Crippen LogP contribution in [-0.2, 0) is 9.47 Å². The second-order valence-corrected chi connectivity index (χ2v) is 5.52.